The highest BCUT2D eigenvalue weighted by atomic mass is 19.1. The molecular weight excluding hydrogens is 239 g/mol. The fourth-order valence-corrected chi connectivity index (χ4v) is 2.88. The lowest BCUT2D eigenvalue weighted by molar-refractivity contribution is 0.210. The molecular formula is C16H21FN2. The summed E-state index contributed by atoms with van der Waals surface area (Å²) < 4.78 is 14.0. The van der Waals surface area contributed by atoms with Crippen LogP contribution in [-0.4, -0.2) is 18.0 Å². The predicted molar refractivity (Wildman–Crippen MR) is 74.1 cm³/mol. The molecule has 0 aromatic heterocycles. The Kier molecular flexibility index (Phi) is 4.93. The van der Waals surface area contributed by atoms with Crippen LogP contribution in [0.5, 0.6) is 0 Å². The van der Waals surface area contributed by atoms with E-state index in [2.05, 4.69) is 11.9 Å². The largest absolute Gasteiger partial charge is 0.299 e. The lowest BCUT2D eigenvalue weighted by atomic mass is 10.1. The average Bonchev–Trinajstić information content (AvgIpc) is 2.70. The van der Waals surface area contributed by atoms with Crippen molar-refractivity contribution < 1.29 is 4.39 Å². The van der Waals surface area contributed by atoms with Crippen molar-refractivity contribution >= 4 is 0 Å². The van der Waals surface area contributed by atoms with Crippen LogP contribution in [0.25, 0.3) is 0 Å². The number of hydrogen-bond acceptors (Lipinski definition) is 2. The van der Waals surface area contributed by atoms with E-state index in [0.29, 0.717) is 18.2 Å². The fourth-order valence-electron chi connectivity index (χ4n) is 2.88. The van der Waals surface area contributed by atoms with E-state index in [4.69, 9.17) is 5.26 Å². The molecule has 1 aliphatic carbocycles. The number of nitrogens with zero attached hydrogens (tertiary/aromatic N) is 2. The molecule has 0 amide bonds. The minimum absolute atomic E-state index is 0.145. The first-order chi connectivity index (χ1) is 9.22. The number of hydrogen-bond donors (Lipinski definition) is 0. The summed E-state index contributed by atoms with van der Waals surface area (Å²) in [5, 5.41) is 8.86. The van der Waals surface area contributed by atoms with Gasteiger partial charge in [-0.2, -0.15) is 5.26 Å². The van der Waals surface area contributed by atoms with Crippen molar-refractivity contribution in [2.75, 3.05) is 7.05 Å². The highest BCUT2D eigenvalue weighted by Crippen LogP contribution is 2.23. The maximum absolute atomic E-state index is 14.0. The van der Waals surface area contributed by atoms with Crippen LogP contribution in [0.3, 0.4) is 0 Å². The van der Waals surface area contributed by atoms with Gasteiger partial charge < -0.3 is 0 Å². The van der Waals surface area contributed by atoms with Gasteiger partial charge in [0.05, 0.1) is 5.56 Å². The summed E-state index contributed by atoms with van der Waals surface area (Å²) in [7, 11) is 2.06. The first-order valence-corrected chi connectivity index (χ1v) is 7.10. The molecule has 0 aliphatic heterocycles. The summed E-state index contributed by atoms with van der Waals surface area (Å²) in [6.45, 7) is 0.589. The van der Waals surface area contributed by atoms with Crippen LogP contribution < -0.4 is 0 Å². The zero-order chi connectivity index (χ0) is 13.7. The van der Waals surface area contributed by atoms with Gasteiger partial charge in [-0.1, -0.05) is 37.8 Å². The summed E-state index contributed by atoms with van der Waals surface area (Å²) in [5.41, 5.74) is 0.776. The molecule has 0 spiro atoms. The molecule has 0 heterocycles. The van der Waals surface area contributed by atoms with E-state index in [0.717, 1.165) is 0 Å². The molecule has 0 saturated heterocycles. The number of benzene rings is 1. The minimum atomic E-state index is -0.356. The van der Waals surface area contributed by atoms with E-state index in [9.17, 15) is 4.39 Å². The third-order valence-electron chi connectivity index (χ3n) is 4.07. The van der Waals surface area contributed by atoms with Gasteiger partial charge in [-0.05, 0) is 26.0 Å². The highest BCUT2D eigenvalue weighted by molar-refractivity contribution is 5.34. The van der Waals surface area contributed by atoms with E-state index in [1.807, 2.05) is 6.07 Å². The number of nitriles is 1. The zero-order valence-electron chi connectivity index (χ0n) is 11.5. The lowest BCUT2D eigenvalue weighted by Gasteiger charge is -2.27. The van der Waals surface area contributed by atoms with Gasteiger partial charge in [0.25, 0.3) is 0 Å². The van der Waals surface area contributed by atoms with Gasteiger partial charge in [0.2, 0.25) is 0 Å². The van der Waals surface area contributed by atoms with E-state index >= 15 is 0 Å². The quantitative estimate of drug-likeness (QED) is 0.772. The molecule has 0 N–H and O–H groups in total. The average molecular weight is 260 g/mol. The molecule has 2 nitrogen and oxygen atoms in total. The summed E-state index contributed by atoms with van der Waals surface area (Å²) in [5.74, 6) is -0.356. The molecule has 102 valence electrons. The van der Waals surface area contributed by atoms with Crippen LogP contribution in [0.15, 0.2) is 18.2 Å². The van der Waals surface area contributed by atoms with Crippen molar-refractivity contribution in [1.82, 2.24) is 4.90 Å². The maximum Gasteiger partial charge on any atom is 0.145 e. The van der Waals surface area contributed by atoms with Gasteiger partial charge in [0.15, 0.2) is 0 Å². The molecule has 2 rings (SSSR count). The third kappa shape index (κ3) is 3.54. The minimum Gasteiger partial charge on any atom is -0.299 e. The molecule has 1 saturated carbocycles. The van der Waals surface area contributed by atoms with Crippen LogP contribution >= 0.6 is 0 Å². The van der Waals surface area contributed by atoms with Gasteiger partial charge in [-0.15, -0.1) is 0 Å². The monoisotopic (exact) mass is 260 g/mol. The zero-order valence-corrected chi connectivity index (χ0v) is 11.5. The Hall–Kier alpha value is -1.40. The van der Waals surface area contributed by atoms with Gasteiger partial charge >= 0.3 is 0 Å². The standard InChI is InChI=1S/C16H21FN2/c1-19(15-9-4-2-3-5-10-15)12-14-8-6-7-13(11-18)16(14)17/h6-8,15H,2-5,9-10,12H2,1H3. The topological polar surface area (TPSA) is 27.0 Å². The molecule has 19 heavy (non-hydrogen) atoms. The molecule has 1 aromatic rings. The Balaban J connectivity index is 2.06. The van der Waals surface area contributed by atoms with Crippen molar-refractivity contribution in [1.29, 1.82) is 5.26 Å². The van der Waals surface area contributed by atoms with E-state index in [-0.39, 0.29) is 11.4 Å². The van der Waals surface area contributed by atoms with Crippen molar-refractivity contribution in [3.05, 3.63) is 35.1 Å². The van der Waals surface area contributed by atoms with Gasteiger partial charge in [0, 0.05) is 18.2 Å². The van der Waals surface area contributed by atoms with E-state index in [1.54, 1.807) is 12.1 Å². The molecule has 1 aliphatic rings. The second-order valence-corrected chi connectivity index (χ2v) is 5.45. The molecule has 0 radical (unpaired) electrons. The Morgan fingerprint density at radius 2 is 1.95 bits per heavy atom. The smallest absolute Gasteiger partial charge is 0.145 e. The molecule has 0 unspecified atom stereocenters. The SMILES string of the molecule is CN(Cc1cccc(C#N)c1F)C1CCCCCC1. The van der Waals surface area contributed by atoms with Crippen molar-refractivity contribution in [3.63, 3.8) is 0 Å². The Morgan fingerprint density at radius 1 is 1.26 bits per heavy atom. The number of rotatable bonds is 3. The van der Waals surface area contributed by atoms with E-state index < -0.39 is 0 Å². The van der Waals surface area contributed by atoms with Crippen molar-refractivity contribution in [2.45, 2.75) is 51.1 Å². The van der Waals surface area contributed by atoms with Gasteiger partial charge in [0.1, 0.15) is 11.9 Å². The van der Waals surface area contributed by atoms with Crippen LogP contribution in [0.1, 0.15) is 49.7 Å². The summed E-state index contributed by atoms with van der Waals surface area (Å²) >= 11 is 0. The van der Waals surface area contributed by atoms with Crippen LogP contribution in [0.2, 0.25) is 0 Å². The normalized spacial score (nSPS) is 17.2. The van der Waals surface area contributed by atoms with Crippen LogP contribution in [-0.2, 0) is 6.54 Å². The van der Waals surface area contributed by atoms with Gasteiger partial charge in [-0.3, -0.25) is 4.90 Å². The predicted octanol–water partition coefficient (Wildman–Crippen LogP) is 3.85. The van der Waals surface area contributed by atoms with E-state index in [1.165, 1.54) is 44.6 Å². The van der Waals surface area contributed by atoms with Crippen molar-refractivity contribution in [2.24, 2.45) is 0 Å². The Morgan fingerprint density at radius 3 is 2.58 bits per heavy atom. The van der Waals surface area contributed by atoms with Gasteiger partial charge in [-0.25, -0.2) is 4.39 Å². The third-order valence-corrected chi connectivity index (χ3v) is 4.07. The Labute approximate surface area is 114 Å². The molecule has 1 aromatic carbocycles. The fraction of sp³-hybridized carbons (Fsp3) is 0.562. The van der Waals surface area contributed by atoms with Crippen LogP contribution in [0.4, 0.5) is 4.39 Å². The summed E-state index contributed by atoms with van der Waals surface area (Å²) in [6, 6.07) is 7.53. The highest BCUT2D eigenvalue weighted by Gasteiger charge is 2.18. The van der Waals surface area contributed by atoms with Crippen molar-refractivity contribution in [3.8, 4) is 6.07 Å². The lowest BCUT2D eigenvalue weighted by Crippen LogP contribution is -2.31. The Bertz CT molecular complexity index is 456. The van der Waals surface area contributed by atoms with Crippen LogP contribution in [0, 0.1) is 17.1 Å². The first kappa shape index (κ1) is 14.0. The first-order valence-electron chi connectivity index (χ1n) is 7.10. The maximum atomic E-state index is 14.0. The second-order valence-electron chi connectivity index (χ2n) is 5.45. The summed E-state index contributed by atoms with van der Waals surface area (Å²) in [4.78, 5) is 2.24. The number of halogens is 1. The molecule has 3 heteroatoms. The summed E-state index contributed by atoms with van der Waals surface area (Å²) in [6.07, 6.45) is 7.60. The second kappa shape index (κ2) is 6.68. The molecule has 0 bridgehead atoms. The molecule has 1 fully saturated rings. The molecule has 0 atom stereocenters.